The van der Waals surface area contributed by atoms with Crippen LogP contribution in [0.5, 0.6) is 0 Å². The second-order valence-electron chi connectivity index (χ2n) is 4.35. The van der Waals surface area contributed by atoms with Gasteiger partial charge in [-0.05, 0) is 36.8 Å². The Morgan fingerprint density at radius 3 is 2.55 bits per heavy atom. The summed E-state index contributed by atoms with van der Waals surface area (Å²) in [4.78, 5) is 10.4. The van der Waals surface area contributed by atoms with Crippen LogP contribution in [0.4, 0.5) is 11.4 Å². The van der Waals surface area contributed by atoms with Crippen LogP contribution in [0.15, 0.2) is 36.4 Å². The van der Waals surface area contributed by atoms with Gasteiger partial charge in [-0.2, -0.15) is 0 Å². The van der Waals surface area contributed by atoms with Crippen molar-refractivity contribution in [2.45, 2.75) is 13.5 Å². The molecule has 1 N–H and O–H groups in total. The van der Waals surface area contributed by atoms with Crippen molar-refractivity contribution in [1.29, 1.82) is 0 Å². The highest BCUT2D eigenvalue weighted by Gasteiger charge is 2.10. The van der Waals surface area contributed by atoms with Crippen LogP contribution in [-0.2, 0) is 6.54 Å². The van der Waals surface area contributed by atoms with Crippen molar-refractivity contribution in [3.63, 3.8) is 0 Å². The van der Waals surface area contributed by atoms with Gasteiger partial charge in [-0.1, -0.05) is 29.3 Å². The van der Waals surface area contributed by atoms with Gasteiger partial charge in [0.05, 0.1) is 4.92 Å². The van der Waals surface area contributed by atoms with Gasteiger partial charge in [0.1, 0.15) is 0 Å². The summed E-state index contributed by atoms with van der Waals surface area (Å²) >= 11 is 11.9. The summed E-state index contributed by atoms with van der Waals surface area (Å²) in [5, 5.41) is 15.1. The fourth-order valence-corrected chi connectivity index (χ4v) is 2.31. The van der Waals surface area contributed by atoms with Crippen molar-refractivity contribution in [1.82, 2.24) is 0 Å². The maximum absolute atomic E-state index is 10.7. The number of hydrogen-bond donors (Lipinski definition) is 1. The van der Waals surface area contributed by atoms with Crippen LogP contribution in [-0.4, -0.2) is 4.92 Å². The fraction of sp³-hybridized carbons (Fsp3) is 0.143. The Kier molecular flexibility index (Phi) is 4.47. The van der Waals surface area contributed by atoms with Crippen molar-refractivity contribution < 1.29 is 4.92 Å². The van der Waals surface area contributed by atoms with Crippen molar-refractivity contribution >= 4 is 34.6 Å². The Balaban J connectivity index is 2.11. The smallest absolute Gasteiger partial charge is 0.272 e. The minimum absolute atomic E-state index is 0.111. The predicted molar refractivity (Wildman–Crippen MR) is 81.6 cm³/mol. The number of nitrogens with zero attached hydrogens (tertiary/aromatic N) is 1. The van der Waals surface area contributed by atoms with Gasteiger partial charge in [-0.15, -0.1) is 0 Å². The molecule has 2 aromatic rings. The Labute approximate surface area is 126 Å². The SMILES string of the molecule is Cc1cc(NCc2ccc(Cl)cc2Cl)ccc1[N+](=O)[O-]. The van der Waals surface area contributed by atoms with Gasteiger partial charge in [0.15, 0.2) is 0 Å². The monoisotopic (exact) mass is 310 g/mol. The third-order valence-electron chi connectivity index (χ3n) is 2.89. The van der Waals surface area contributed by atoms with E-state index < -0.39 is 4.92 Å². The molecule has 104 valence electrons. The van der Waals surface area contributed by atoms with Gasteiger partial charge in [0.2, 0.25) is 0 Å². The van der Waals surface area contributed by atoms with E-state index in [9.17, 15) is 10.1 Å². The minimum atomic E-state index is -0.394. The minimum Gasteiger partial charge on any atom is -0.381 e. The molecule has 6 heteroatoms. The lowest BCUT2D eigenvalue weighted by Crippen LogP contribution is -2.01. The standard InChI is InChI=1S/C14H12Cl2N2O2/c1-9-6-12(4-5-14(9)18(19)20)17-8-10-2-3-11(15)7-13(10)16/h2-7,17H,8H2,1H3. The molecule has 0 saturated carbocycles. The topological polar surface area (TPSA) is 55.2 Å². The number of hydrogen-bond acceptors (Lipinski definition) is 3. The Morgan fingerprint density at radius 2 is 1.95 bits per heavy atom. The molecular weight excluding hydrogens is 299 g/mol. The number of nitro groups is 1. The van der Waals surface area contributed by atoms with Crippen LogP contribution in [0.3, 0.4) is 0 Å². The number of aryl methyl sites for hydroxylation is 1. The molecule has 0 aliphatic heterocycles. The van der Waals surface area contributed by atoms with Gasteiger partial charge in [-0.25, -0.2) is 0 Å². The summed E-state index contributed by atoms with van der Waals surface area (Å²) in [6.07, 6.45) is 0. The third-order valence-corrected chi connectivity index (χ3v) is 3.48. The Bertz CT molecular complexity index is 660. The molecule has 4 nitrogen and oxygen atoms in total. The summed E-state index contributed by atoms with van der Waals surface area (Å²) in [6, 6.07) is 10.2. The maximum atomic E-state index is 10.7. The van der Waals surface area contributed by atoms with E-state index in [1.807, 2.05) is 6.07 Å². The van der Waals surface area contributed by atoms with E-state index in [4.69, 9.17) is 23.2 Å². The molecule has 0 atom stereocenters. The molecule has 0 fully saturated rings. The number of benzene rings is 2. The maximum Gasteiger partial charge on any atom is 0.272 e. The molecule has 0 aliphatic rings. The second-order valence-corrected chi connectivity index (χ2v) is 5.19. The van der Waals surface area contributed by atoms with Crippen LogP contribution in [0, 0.1) is 17.0 Å². The molecule has 0 saturated heterocycles. The van der Waals surface area contributed by atoms with Crippen LogP contribution >= 0.6 is 23.2 Å². The predicted octanol–water partition coefficient (Wildman–Crippen LogP) is 4.82. The highest BCUT2D eigenvalue weighted by atomic mass is 35.5. The van der Waals surface area contributed by atoms with E-state index in [2.05, 4.69) is 5.32 Å². The van der Waals surface area contributed by atoms with Crippen molar-refractivity contribution in [3.05, 3.63) is 67.7 Å². The van der Waals surface area contributed by atoms with Crippen LogP contribution in [0.25, 0.3) is 0 Å². The zero-order valence-electron chi connectivity index (χ0n) is 10.7. The molecule has 0 aliphatic carbocycles. The number of halogens is 2. The molecular formula is C14H12Cl2N2O2. The van der Waals surface area contributed by atoms with E-state index in [0.717, 1.165) is 11.3 Å². The van der Waals surface area contributed by atoms with E-state index in [-0.39, 0.29) is 5.69 Å². The highest BCUT2D eigenvalue weighted by Crippen LogP contribution is 2.24. The average Bonchev–Trinajstić information content (AvgIpc) is 2.37. The largest absolute Gasteiger partial charge is 0.381 e. The Morgan fingerprint density at radius 1 is 1.20 bits per heavy atom. The van der Waals surface area contributed by atoms with Gasteiger partial charge in [-0.3, -0.25) is 10.1 Å². The average molecular weight is 311 g/mol. The van der Waals surface area contributed by atoms with Gasteiger partial charge in [0.25, 0.3) is 5.69 Å². The van der Waals surface area contributed by atoms with Crippen LogP contribution in [0.1, 0.15) is 11.1 Å². The molecule has 2 rings (SSSR count). The van der Waals surface area contributed by atoms with E-state index in [1.165, 1.54) is 6.07 Å². The first-order chi connectivity index (χ1) is 9.47. The highest BCUT2D eigenvalue weighted by molar-refractivity contribution is 6.35. The van der Waals surface area contributed by atoms with E-state index in [0.29, 0.717) is 22.2 Å². The lowest BCUT2D eigenvalue weighted by molar-refractivity contribution is -0.385. The van der Waals surface area contributed by atoms with Crippen LogP contribution in [0.2, 0.25) is 10.0 Å². The molecule has 0 unspecified atom stereocenters. The molecule has 20 heavy (non-hydrogen) atoms. The normalized spacial score (nSPS) is 10.3. The molecule has 0 spiro atoms. The molecule has 0 radical (unpaired) electrons. The zero-order valence-corrected chi connectivity index (χ0v) is 12.2. The fourth-order valence-electron chi connectivity index (χ4n) is 1.83. The first kappa shape index (κ1) is 14.6. The number of nitrogens with one attached hydrogen (secondary N) is 1. The molecule has 2 aromatic carbocycles. The van der Waals surface area contributed by atoms with Gasteiger partial charge < -0.3 is 5.32 Å². The van der Waals surface area contributed by atoms with E-state index in [1.54, 1.807) is 31.2 Å². The second kappa shape index (κ2) is 6.11. The molecule has 0 amide bonds. The van der Waals surface area contributed by atoms with E-state index >= 15 is 0 Å². The summed E-state index contributed by atoms with van der Waals surface area (Å²) in [5.74, 6) is 0. The number of rotatable bonds is 4. The van der Waals surface area contributed by atoms with Crippen molar-refractivity contribution in [2.75, 3.05) is 5.32 Å². The summed E-state index contributed by atoms with van der Waals surface area (Å²) in [7, 11) is 0. The lowest BCUT2D eigenvalue weighted by atomic mass is 10.1. The molecule has 0 heterocycles. The van der Waals surface area contributed by atoms with Gasteiger partial charge >= 0.3 is 0 Å². The summed E-state index contributed by atoms with van der Waals surface area (Å²) in [6.45, 7) is 2.23. The first-order valence-corrected chi connectivity index (χ1v) is 6.66. The van der Waals surface area contributed by atoms with Crippen LogP contribution < -0.4 is 5.32 Å². The summed E-state index contributed by atoms with van der Waals surface area (Å²) in [5.41, 5.74) is 2.44. The molecule has 0 bridgehead atoms. The van der Waals surface area contributed by atoms with Gasteiger partial charge in [0, 0.05) is 33.9 Å². The lowest BCUT2D eigenvalue weighted by Gasteiger charge is -2.09. The third kappa shape index (κ3) is 3.40. The molecule has 0 aromatic heterocycles. The summed E-state index contributed by atoms with van der Waals surface area (Å²) < 4.78 is 0. The quantitative estimate of drug-likeness (QED) is 0.650. The number of nitro benzene ring substituents is 1. The Hall–Kier alpha value is -1.78. The first-order valence-electron chi connectivity index (χ1n) is 5.90. The zero-order chi connectivity index (χ0) is 14.7. The van der Waals surface area contributed by atoms with Crippen molar-refractivity contribution in [3.8, 4) is 0 Å². The number of anilines is 1. The van der Waals surface area contributed by atoms with Crippen molar-refractivity contribution in [2.24, 2.45) is 0 Å².